The van der Waals surface area contributed by atoms with Crippen LogP contribution in [0.3, 0.4) is 0 Å². The lowest BCUT2D eigenvalue weighted by Gasteiger charge is -2.16. The third-order valence-electron chi connectivity index (χ3n) is 3.04. The van der Waals surface area contributed by atoms with Crippen molar-refractivity contribution in [3.8, 4) is 6.07 Å². The first-order valence-corrected chi connectivity index (χ1v) is 5.61. The first-order valence-electron chi connectivity index (χ1n) is 5.61. The van der Waals surface area contributed by atoms with E-state index >= 15 is 0 Å². The number of hydrogen-bond acceptors (Lipinski definition) is 5. The number of nitriles is 1. The van der Waals surface area contributed by atoms with Crippen LogP contribution in [0.1, 0.15) is 16.8 Å². The fourth-order valence-electron chi connectivity index (χ4n) is 2.21. The molecule has 88 valence electrons. The Balaban J connectivity index is 1.97. The fraction of sp³-hybridized carbons (Fsp3) is 0.154. The fourth-order valence-corrected chi connectivity index (χ4v) is 2.21. The SMILES string of the molecule is N#Cc1nccnc1N1Cc2ccc(N)cc2C1. The van der Waals surface area contributed by atoms with Crippen molar-refractivity contribution in [2.75, 3.05) is 10.6 Å². The zero-order chi connectivity index (χ0) is 12.5. The van der Waals surface area contributed by atoms with Crippen molar-refractivity contribution in [2.45, 2.75) is 13.1 Å². The number of nitrogens with zero attached hydrogens (tertiary/aromatic N) is 4. The molecule has 1 aromatic heterocycles. The third-order valence-corrected chi connectivity index (χ3v) is 3.04. The first kappa shape index (κ1) is 10.5. The largest absolute Gasteiger partial charge is 0.399 e. The summed E-state index contributed by atoms with van der Waals surface area (Å²) in [6.07, 6.45) is 3.14. The zero-order valence-corrected chi connectivity index (χ0v) is 9.67. The molecule has 5 heteroatoms. The number of anilines is 2. The molecule has 0 fully saturated rings. The van der Waals surface area contributed by atoms with Gasteiger partial charge < -0.3 is 10.6 Å². The molecule has 1 aliphatic heterocycles. The molecule has 0 radical (unpaired) electrons. The Bertz CT molecular complexity index is 644. The van der Waals surface area contributed by atoms with Crippen molar-refractivity contribution in [3.63, 3.8) is 0 Å². The highest BCUT2D eigenvalue weighted by molar-refractivity contribution is 5.56. The number of benzene rings is 1. The molecule has 1 aliphatic rings. The molecule has 3 rings (SSSR count). The molecule has 5 nitrogen and oxygen atoms in total. The molecule has 2 N–H and O–H groups in total. The Morgan fingerprint density at radius 3 is 2.78 bits per heavy atom. The molecule has 18 heavy (non-hydrogen) atoms. The van der Waals surface area contributed by atoms with Gasteiger partial charge in [-0.3, -0.25) is 0 Å². The lowest BCUT2D eigenvalue weighted by molar-refractivity contribution is 0.846. The van der Waals surface area contributed by atoms with Crippen LogP contribution in [-0.2, 0) is 13.1 Å². The Hall–Kier alpha value is -2.61. The predicted molar refractivity (Wildman–Crippen MR) is 67.5 cm³/mol. The lowest BCUT2D eigenvalue weighted by atomic mass is 10.1. The van der Waals surface area contributed by atoms with Crippen LogP contribution in [0.2, 0.25) is 0 Å². The van der Waals surface area contributed by atoms with Crippen molar-refractivity contribution in [3.05, 3.63) is 47.4 Å². The normalized spacial score (nSPS) is 13.2. The smallest absolute Gasteiger partial charge is 0.183 e. The van der Waals surface area contributed by atoms with Crippen LogP contribution in [0.5, 0.6) is 0 Å². The summed E-state index contributed by atoms with van der Waals surface area (Å²) in [5, 5.41) is 9.04. The van der Waals surface area contributed by atoms with Crippen LogP contribution in [0.25, 0.3) is 0 Å². The second kappa shape index (κ2) is 4.00. The quantitative estimate of drug-likeness (QED) is 0.759. The standard InChI is InChI=1S/C13H11N5/c14-6-12-13(17-4-3-16-12)18-7-9-1-2-11(15)5-10(9)8-18/h1-5H,7-8,15H2. The Morgan fingerprint density at radius 1 is 1.17 bits per heavy atom. The van der Waals surface area contributed by atoms with Gasteiger partial charge in [-0.1, -0.05) is 6.07 Å². The summed E-state index contributed by atoms with van der Waals surface area (Å²) in [4.78, 5) is 10.3. The average Bonchev–Trinajstić information content (AvgIpc) is 2.81. The Kier molecular flexibility index (Phi) is 2.34. The van der Waals surface area contributed by atoms with Crippen LogP contribution < -0.4 is 10.6 Å². The van der Waals surface area contributed by atoms with Crippen LogP contribution in [-0.4, -0.2) is 9.97 Å². The van der Waals surface area contributed by atoms with E-state index in [1.807, 2.05) is 23.1 Å². The van der Waals surface area contributed by atoms with Gasteiger partial charge >= 0.3 is 0 Å². The molecule has 0 amide bonds. The highest BCUT2D eigenvalue weighted by atomic mass is 15.2. The van der Waals surface area contributed by atoms with Gasteiger partial charge in [0.05, 0.1) is 0 Å². The Morgan fingerprint density at radius 2 is 1.94 bits per heavy atom. The average molecular weight is 237 g/mol. The number of nitrogens with two attached hydrogens (primary N) is 1. The summed E-state index contributed by atoms with van der Waals surface area (Å²) < 4.78 is 0. The molecule has 2 heterocycles. The van der Waals surface area contributed by atoms with Gasteiger partial charge in [-0.25, -0.2) is 9.97 Å². The molecular formula is C13H11N5. The van der Waals surface area contributed by atoms with Gasteiger partial charge in [0.2, 0.25) is 0 Å². The van der Waals surface area contributed by atoms with Gasteiger partial charge in [-0.2, -0.15) is 5.26 Å². The van der Waals surface area contributed by atoms with Crippen molar-refractivity contribution < 1.29 is 0 Å². The highest BCUT2D eigenvalue weighted by Crippen LogP contribution is 2.29. The summed E-state index contributed by atoms with van der Waals surface area (Å²) in [6, 6.07) is 7.95. The van der Waals surface area contributed by atoms with E-state index in [2.05, 4.69) is 16.0 Å². The molecule has 0 atom stereocenters. The summed E-state index contributed by atoms with van der Waals surface area (Å²) >= 11 is 0. The topological polar surface area (TPSA) is 78.8 Å². The van der Waals surface area contributed by atoms with Crippen LogP contribution >= 0.6 is 0 Å². The van der Waals surface area contributed by atoms with Gasteiger partial charge in [0, 0.05) is 31.2 Å². The second-order valence-electron chi connectivity index (χ2n) is 4.22. The molecule has 0 saturated carbocycles. The van der Waals surface area contributed by atoms with Crippen LogP contribution in [0.15, 0.2) is 30.6 Å². The minimum Gasteiger partial charge on any atom is -0.399 e. The molecule has 0 aliphatic carbocycles. The number of fused-ring (bicyclic) bond motifs is 1. The maximum absolute atomic E-state index is 9.04. The lowest BCUT2D eigenvalue weighted by Crippen LogP contribution is -2.17. The van der Waals surface area contributed by atoms with Crippen LogP contribution in [0.4, 0.5) is 11.5 Å². The molecule has 0 spiro atoms. The summed E-state index contributed by atoms with van der Waals surface area (Å²) in [7, 11) is 0. The van der Waals surface area contributed by atoms with Gasteiger partial charge in [0.15, 0.2) is 11.5 Å². The molecule has 0 bridgehead atoms. The number of aromatic nitrogens is 2. The third kappa shape index (κ3) is 1.64. The van der Waals surface area contributed by atoms with E-state index < -0.39 is 0 Å². The predicted octanol–water partition coefficient (Wildman–Crippen LogP) is 1.45. The maximum atomic E-state index is 9.04. The van der Waals surface area contributed by atoms with Gasteiger partial charge in [-0.15, -0.1) is 0 Å². The monoisotopic (exact) mass is 237 g/mol. The molecule has 2 aromatic rings. The summed E-state index contributed by atoms with van der Waals surface area (Å²) in [5.41, 5.74) is 9.30. The first-order chi connectivity index (χ1) is 8.78. The minimum absolute atomic E-state index is 0.360. The van der Waals surface area contributed by atoms with Crippen molar-refractivity contribution >= 4 is 11.5 Å². The van der Waals surface area contributed by atoms with E-state index in [4.69, 9.17) is 11.0 Å². The van der Waals surface area contributed by atoms with E-state index in [1.54, 1.807) is 6.20 Å². The zero-order valence-electron chi connectivity index (χ0n) is 9.67. The van der Waals surface area contributed by atoms with E-state index in [9.17, 15) is 0 Å². The maximum Gasteiger partial charge on any atom is 0.183 e. The number of nitrogen functional groups attached to an aromatic ring is 1. The van der Waals surface area contributed by atoms with Crippen molar-refractivity contribution in [1.82, 2.24) is 9.97 Å². The minimum atomic E-state index is 0.360. The van der Waals surface area contributed by atoms with Gasteiger partial charge in [0.25, 0.3) is 0 Å². The molecular weight excluding hydrogens is 226 g/mol. The van der Waals surface area contributed by atoms with Crippen LogP contribution in [0, 0.1) is 11.3 Å². The number of hydrogen-bond donors (Lipinski definition) is 1. The highest BCUT2D eigenvalue weighted by Gasteiger charge is 2.22. The van der Waals surface area contributed by atoms with Crippen molar-refractivity contribution in [1.29, 1.82) is 5.26 Å². The summed E-state index contributed by atoms with van der Waals surface area (Å²) in [5.74, 6) is 0.634. The van der Waals surface area contributed by atoms with E-state index in [0.29, 0.717) is 18.1 Å². The van der Waals surface area contributed by atoms with E-state index in [0.717, 1.165) is 12.2 Å². The van der Waals surface area contributed by atoms with E-state index in [1.165, 1.54) is 17.3 Å². The van der Waals surface area contributed by atoms with E-state index in [-0.39, 0.29) is 0 Å². The molecule has 1 aromatic carbocycles. The number of rotatable bonds is 1. The molecule has 0 saturated heterocycles. The van der Waals surface area contributed by atoms with Crippen molar-refractivity contribution in [2.24, 2.45) is 0 Å². The molecule has 0 unspecified atom stereocenters. The summed E-state index contributed by atoms with van der Waals surface area (Å²) in [6.45, 7) is 1.46. The van der Waals surface area contributed by atoms with Gasteiger partial charge in [0.1, 0.15) is 6.07 Å². The van der Waals surface area contributed by atoms with Gasteiger partial charge in [-0.05, 0) is 23.3 Å². The Labute approximate surface area is 105 Å². The second-order valence-corrected chi connectivity index (χ2v) is 4.22.